The van der Waals surface area contributed by atoms with Crippen molar-refractivity contribution in [2.75, 3.05) is 13.1 Å². The average Bonchev–Trinajstić information content (AvgIpc) is 3.32. The smallest absolute Gasteiger partial charge is 0.320 e. The lowest BCUT2D eigenvalue weighted by Gasteiger charge is -2.46. The third-order valence-electron chi connectivity index (χ3n) is 8.58. The van der Waals surface area contributed by atoms with Gasteiger partial charge in [0, 0.05) is 20.1 Å². The zero-order chi connectivity index (χ0) is 28.2. The Balaban J connectivity index is 1.45. The SMILES string of the molecule is CC1CC(c2cccc(-n3cnc4c(C(F)(F)F)cc(CN5CCC[C@@H](C)C5)cc4c3=O)c2)(c2nncn2C)C1. The van der Waals surface area contributed by atoms with E-state index < -0.39 is 17.3 Å². The van der Waals surface area contributed by atoms with Crippen LogP contribution in [0, 0.1) is 11.8 Å². The van der Waals surface area contributed by atoms with Crippen LogP contribution in [0.5, 0.6) is 0 Å². The molecule has 1 saturated carbocycles. The fraction of sp³-hybridized carbons (Fsp3) is 0.467. The molecule has 4 aromatic rings. The van der Waals surface area contributed by atoms with Gasteiger partial charge in [0.2, 0.25) is 0 Å². The molecule has 0 radical (unpaired) electrons. The predicted molar refractivity (Wildman–Crippen MR) is 146 cm³/mol. The highest BCUT2D eigenvalue weighted by molar-refractivity contribution is 5.82. The van der Waals surface area contributed by atoms with Crippen molar-refractivity contribution in [3.63, 3.8) is 0 Å². The third kappa shape index (κ3) is 4.62. The molecular weight excluding hydrogens is 517 g/mol. The molecule has 0 unspecified atom stereocenters. The molecule has 210 valence electrons. The van der Waals surface area contributed by atoms with Crippen LogP contribution in [0.3, 0.4) is 0 Å². The molecule has 10 heteroatoms. The van der Waals surface area contributed by atoms with Gasteiger partial charge in [0.05, 0.1) is 27.6 Å². The molecule has 6 rings (SSSR count). The first-order valence-electron chi connectivity index (χ1n) is 13.8. The van der Waals surface area contributed by atoms with Crippen LogP contribution in [0.15, 0.2) is 53.8 Å². The van der Waals surface area contributed by atoms with Gasteiger partial charge in [0.15, 0.2) is 0 Å². The van der Waals surface area contributed by atoms with Crippen LogP contribution in [0.4, 0.5) is 13.2 Å². The predicted octanol–water partition coefficient (Wildman–Crippen LogP) is 5.48. The molecule has 1 saturated heterocycles. The van der Waals surface area contributed by atoms with Gasteiger partial charge in [-0.3, -0.25) is 14.3 Å². The van der Waals surface area contributed by atoms with Crippen LogP contribution in [0.1, 0.15) is 62.0 Å². The number of hydrogen-bond donors (Lipinski definition) is 0. The summed E-state index contributed by atoms with van der Waals surface area (Å²) in [4.78, 5) is 20.2. The molecule has 3 heterocycles. The molecule has 40 heavy (non-hydrogen) atoms. The second-order valence-corrected chi connectivity index (χ2v) is 11.9. The molecule has 2 aromatic carbocycles. The van der Waals surface area contributed by atoms with Crippen LogP contribution < -0.4 is 5.56 Å². The number of likely N-dealkylation sites (tertiary alicyclic amines) is 1. The molecular formula is C30H33F3N6O. The van der Waals surface area contributed by atoms with Gasteiger partial charge in [-0.25, -0.2) is 4.98 Å². The number of piperidine rings is 1. The van der Waals surface area contributed by atoms with E-state index in [0.29, 0.717) is 29.6 Å². The van der Waals surface area contributed by atoms with Crippen LogP contribution in [-0.4, -0.2) is 42.3 Å². The first kappa shape index (κ1) is 26.7. The standard InChI is InChI=1S/C30H33F3N6O/c1-19-6-5-9-38(15-19)16-21-10-24-26(25(11-21)30(31,32)33)34-17-39(27(24)40)23-8-4-7-22(12-23)29(13-20(2)14-29)28-36-35-18-37(28)3/h4,7-8,10-12,17-20H,5-6,9,13-16H2,1-3H3/t19-,20?,29?/m1/s1. The quantitative estimate of drug-likeness (QED) is 0.329. The zero-order valence-corrected chi connectivity index (χ0v) is 22.9. The molecule has 0 amide bonds. The minimum atomic E-state index is -4.63. The van der Waals surface area contributed by atoms with Crippen molar-refractivity contribution in [3.8, 4) is 5.69 Å². The molecule has 2 fully saturated rings. The van der Waals surface area contributed by atoms with E-state index in [1.807, 2.05) is 29.8 Å². The highest BCUT2D eigenvalue weighted by Crippen LogP contribution is 2.51. The number of halogens is 3. The largest absolute Gasteiger partial charge is 0.418 e. The van der Waals surface area contributed by atoms with Crippen LogP contribution in [-0.2, 0) is 25.2 Å². The van der Waals surface area contributed by atoms with E-state index in [0.717, 1.165) is 56.2 Å². The lowest BCUT2D eigenvalue weighted by atomic mass is 9.58. The van der Waals surface area contributed by atoms with Crippen molar-refractivity contribution in [1.29, 1.82) is 0 Å². The van der Waals surface area contributed by atoms with Crippen molar-refractivity contribution in [1.82, 2.24) is 29.2 Å². The molecule has 7 nitrogen and oxygen atoms in total. The van der Waals surface area contributed by atoms with Gasteiger partial charge < -0.3 is 4.57 Å². The topological polar surface area (TPSA) is 68.8 Å². The van der Waals surface area contributed by atoms with E-state index in [1.165, 1.54) is 10.9 Å². The molecule has 0 spiro atoms. The van der Waals surface area contributed by atoms with Gasteiger partial charge in [0.25, 0.3) is 5.56 Å². The summed E-state index contributed by atoms with van der Waals surface area (Å²) in [6, 6.07) is 10.4. The fourth-order valence-corrected chi connectivity index (χ4v) is 6.82. The number of hydrogen-bond acceptors (Lipinski definition) is 5. The van der Waals surface area contributed by atoms with E-state index in [-0.39, 0.29) is 16.3 Å². The van der Waals surface area contributed by atoms with E-state index in [4.69, 9.17) is 0 Å². The Kier molecular flexibility index (Phi) is 6.56. The highest BCUT2D eigenvalue weighted by atomic mass is 19.4. The summed E-state index contributed by atoms with van der Waals surface area (Å²) in [5.41, 5.74) is -0.00880. The zero-order valence-electron chi connectivity index (χ0n) is 22.9. The minimum absolute atomic E-state index is 0.0249. The first-order chi connectivity index (χ1) is 19.0. The monoisotopic (exact) mass is 550 g/mol. The number of benzene rings is 2. The van der Waals surface area contributed by atoms with E-state index >= 15 is 0 Å². The lowest BCUT2D eigenvalue weighted by molar-refractivity contribution is -0.136. The molecule has 2 aromatic heterocycles. The van der Waals surface area contributed by atoms with Gasteiger partial charge in [-0.05, 0) is 79.5 Å². The highest BCUT2D eigenvalue weighted by Gasteiger charge is 2.48. The number of fused-ring (bicyclic) bond motifs is 1. The molecule has 2 aliphatic rings. The van der Waals surface area contributed by atoms with E-state index in [2.05, 4.69) is 33.9 Å². The van der Waals surface area contributed by atoms with Crippen LogP contribution in [0.2, 0.25) is 0 Å². The van der Waals surface area contributed by atoms with Crippen molar-refractivity contribution in [2.24, 2.45) is 18.9 Å². The Morgan fingerprint density at radius 1 is 1.07 bits per heavy atom. The summed E-state index contributed by atoms with van der Waals surface area (Å²) in [5, 5.41) is 8.46. The minimum Gasteiger partial charge on any atom is -0.320 e. The maximum atomic E-state index is 14.1. The van der Waals surface area contributed by atoms with Crippen molar-refractivity contribution in [3.05, 3.63) is 81.9 Å². The maximum absolute atomic E-state index is 14.1. The van der Waals surface area contributed by atoms with Crippen molar-refractivity contribution in [2.45, 2.75) is 57.7 Å². The average molecular weight is 551 g/mol. The number of aromatic nitrogens is 5. The summed E-state index contributed by atoms with van der Waals surface area (Å²) in [6.45, 7) is 6.38. The van der Waals surface area contributed by atoms with Gasteiger partial charge >= 0.3 is 6.18 Å². The lowest BCUT2D eigenvalue weighted by Crippen LogP contribution is -2.43. The van der Waals surface area contributed by atoms with Crippen molar-refractivity contribution >= 4 is 10.9 Å². The maximum Gasteiger partial charge on any atom is 0.418 e. The third-order valence-corrected chi connectivity index (χ3v) is 8.58. The van der Waals surface area contributed by atoms with Gasteiger partial charge in [-0.2, -0.15) is 13.2 Å². The van der Waals surface area contributed by atoms with Crippen LogP contribution in [0.25, 0.3) is 16.6 Å². The van der Waals surface area contributed by atoms with E-state index in [9.17, 15) is 18.0 Å². The number of alkyl halides is 3. The fourth-order valence-electron chi connectivity index (χ4n) is 6.82. The summed E-state index contributed by atoms with van der Waals surface area (Å²) in [7, 11) is 1.92. The van der Waals surface area contributed by atoms with Gasteiger partial charge in [-0.1, -0.05) is 26.0 Å². The van der Waals surface area contributed by atoms with E-state index in [1.54, 1.807) is 18.5 Å². The molecule has 0 N–H and O–H groups in total. The Morgan fingerprint density at radius 2 is 1.88 bits per heavy atom. The summed E-state index contributed by atoms with van der Waals surface area (Å²) >= 11 is 0. The number of rotatable bonds is 5. The number of aryl methyl sites for hydroxylation is 1. The second kappa shape index (κ2) is 9.83. The molecule has 0 bridgehead atoms. The first-order valence-corrected chi connectivity index (χ1v) is 13.8. The Hall–Kier alpha value is -3.53. The number of nitrogens with zero attached hydrogens (tertiary/aromatic N) is 6. The molecule has 1 aliphatic carbocycles. The Morgan fingerprint density at radius 3 is 2.55 bits per heavy atom. The van der Waals surface area contributed by atoms with Crippen molar-refractivity contribution < 1.29 is 13.2 Å². The summed E-state index contributed by atoms with van der Waals surface area (Å²) < 4.78 is 45.7. The summed E-state index contributed by atoms with van der Waals surface area (Å²) in [5.74, 6) is 1.86. The normalized spacial score (nSPS) is 23.9. The second-order valence-electron chi connectivity index (χ2n) is 11.9. The molecule has 1 atom stereocenters. The Labute approximate surface area is 230 Å². The summed E-state index contributed by atoms with van der Waals surface area (Å²) in [6.07, 6.45) is 2.18. The Bertz CT molecular complexity index is 1620. The van der Waals surface area contributed by atoms with Crippen LogP contribution >= 0.6 is 0 Å². The molecule has 1 aliphatic heterocycles. The van der Waals surface area contributed by atoms with Gasteiger partial charge in [-0.15, -0.1) is 10.2 Å². The van der Waals surface area contributed by atoms with Gasteiger partial charge in [0.1, 0.15) is 18.5 Å².